The van der Waals surface area contributed by atoms with Gasteiger partial charge in [0.05, 0.1) is 16.6 Å². The van der Waals surface area contributed by atoms with Crippen LogP contribution in [0.5, 0.6) is 0 Å². The molecule has 0 atom stereocenters. The van der Waals surface area contributed by atoms with Crippen molar-refractivity contribution in [1.82, 2.24) is 15.2 Å². The molecule has 2 aromatic rings. The Morgan fingerprint density at radius 2 is 2.17 bits per heavy atom. The number of aromatic amines is 1. The van der Waals surface area contributed by atoms with Gasteiger partial charge in [-0.05, 0) is 31.7 Å². The van der Waals surface area contributed by atoms with E-state index in [1.54, 1.807) is 0 Å². The lowest BCUT2D eigenvalue weighted by Crippen LogP contribution is -2.17. The maximum atomic E-state index is 4.45. The molecule has 0 unspecified atom stereocenters. The Morgan fingerprint density at radius 3 is 3.00 bits per heavy atom. The number of hydrogen-bond donors (Lipinski definition) is 2. The lowest BCUT2D eigenvalue weighted by atomic mass is 9.89. The SMILES string of the molecule is Cc1n[nH]c2ccnc(NCC3CCCCC3)c12. The van der Waals surface area contributed by atoms with E-state index in [0.717, 1.165) is 34.9 Å². The van der Waals surface area contributed by atoms with Gasteiger partial charge in [-0.3, -0.25) is 5.10 Å². The van der Waals surface area contributed by atoms with Crippen LogP contribution in [0.2, 0.25) is 0 Å². The number of aryl methyl sites for hydroxylation is 1. The minimum atomic E-state index is 0.808. The van der Waals surface area contributed by atoms with Crippen molar-refractivity contribution < 1.29 is 0 Å². The number of pyridine rings is 1. The quantitative estimate of drug-likeness (QED) is 0.871. The molecule has 0 amide bonds. The fraction of sp³-hybridized carbons (Fsp3) is 0.571. The van der Waals surface area contributed by atoms with E-state index < -0.39 is 0 Å². The molecule has 0 saturated heterocycles. The second-order valence-electron chi connectivity index (χ2n) is 5.28. The van der Waals surface area contributed by atoms with E-state index in [1.165, 1.54) is 32.1 Å². The Kier molecular flexibility index (Phi) is 3.17. The molecule has 0 aliphatic heterocycles. The van der Waals surface area contributed by atoms with Gasteiger partial charge >= 0.3 is 0 Å². The molecule has 0 spiro atoms. The van der Waals surface area contributed by atoms with Gasteiger partial charge in [0, 0.05) is 12.7 Å². The fourth-order valence-electron chi connectivity index (χ4n) is 2.89. The van der Waals surface area contributed by atoms with Gasteiger partial charge in [0.15, 0.2) is 0 Å². The summed E-state index contributed by atoms with van der Waals surface area (Å²) in [6, 6.07) is 1.97. The van der Waals surface area contributed by atoms with E-state index >= 15 is 0 Å². The van der Waals surface area contributed by atoms with Gasteiger partial charge in [0.25, 0.3) is 0 Å². The molecule has 1 fully saturated rings. The van der Waals surface area contributed by atoms with Gasteiger partial charge in [-0.25, -0.2) is 4.98 Å². The molecule has 0 aromatic carbocycles. The zero-order valence-corrected chi connectivity index (χ0v) is 10.9. The van der Waals surface area contributed by atoms with Crippen LogP contribution in [0.15, 0.2) is 12.3 Å². The average Bonchev–Trinajstić information content (AvgIpc) is 2.80. The van der Waals surface area contributed by atoms with Crippen LogP contribution in [0.1, 0.15) is 37.8 Å². The van der Waals surface area contributed by atoms with Crippen LogP contribution < -0.4 is 5.32 Å². The lowest BCUT2D eigenvalue weighted by molar-refractivity contribution is 0.373. The number of hydrogen-bond acceptors (Lipinski definition) is 3. The molecule has 18 heavy (non-hydrogen) atoms. The van der Waals surface area contributed by atoms with Gasteiger partial charge in [0.1, 0.15) is 5.82 Å². The largest absolute Gasteiger partial charge is 0.369 e. The number of nitrogens with one attached hydrogen (secondary N) is 2. The Bertz CT molecular complexity index is 526. The second-order valence-corrected chi connectivity index (χ2v) is 5.28. The van der Waals surface area contributed by atoms with Crippen molar-refractivity contribution in [2.75, 3.05) is 11.9 Å². The standard InChI is InChI=1S/C14H20N4/c1-10-13-12(18-17-10)7-8-15-14(13)16-9-11-5-3-2-4-6-11/h7-8,11H,2-6,9H2,1H3,(H,15,16)(H,17,18). The van der Waals surface area contributed by atoms with E-state index in [-0.39, 0.29) is 0 Å². The molecule has 2 heterocycles. The van der Waals surface area contributed by atoms with E-state index in [0.29, 0.717) is 0 Å². The number of H-pyrrole nitrogens is 1. The van der Waals surface area contributed by atoms with Gasteiger partial charge in [-0.15, -0.1) is 0 Å². The van der Waals surface area contributed by atoms with Crippen molar-refractivity contribution in [3.8, 4) is 0 Å². The molecular formula is C14H20N4. The van der Waals surface area contributed by atoms with Crippen molar-refractivity contribution in [1.29, 1.82) is 0 Å². The molecule has 1 aliphatic carbocycles. The Hall–Kier alpha value is -1.58. The predicted molar refractivity (Wildman–Crippen MR) is 73.7 cm³/mol. The van der Waals surface area contributed by atoms with Crippen LogP contribution >= 0.6 is 0 Å². The van der Waals surface area contributed by atoms with Crippen molar-refractivity contribution in [2.24, 2.45) is 5.92 Å². The van der Waals surface area contributed by atoms with Crippen molar-refractivity contribution in [3.63, 3.8) is 0 Å². The third-order valence-electron chi connectivity index (χ3n) is 3.94. The zero-order valence-electron chi connectivity index (χ0n) is 10.9. The molecule has 2 N–H and O–H groups in total. The van der Waals surface area contributed by atoms with Crippen LogP contribution in [0, 0.1) is 12.8 Å². The summed E-state index contributed by atoms with van der Waals surface area (Å²) in [5.74, 6) is 1.78. The van der Waals surface area contributed by atoms with E-state index in [1.807, 2.05) is 19.2 Å². The van der Waals surface area contributed by atoms with Crippen molar-refractivity contribution >= 4 is 16.7 Å². The summed E-state index contributed by atoms with van der Waals surface area (Å²) in [5, 5.41) is 11.9. The van der Waals surface area contributed by atoms with Crippen LogP contribution in [-0.2, 0) is 0 Å². The topological polar surface area (TPSA) is 53.6 Å². The monoisotopic (exact) mass is 244 g/mol. The summed E-state index contributed by atoms with van der Waals surface area (Å²) in [5.41, 5.74) is 2.08. The van der Waals surface area contributed by atoms with Crippen LogP contribution in [0.4, 0.5) is 5.82 Å². The highest BCUT2D eigenvalue weighted by molar-refractivity contribution is 5.91. The molecule has 96 valence electrons. The number of nitrogens with zero attached hydrogens (tertiary/aromatic N) is 2. The molecule has 3 rings (SSSR count). The molecule has 4 nitrogen and oxygen atoms in total. The van der Waals surface area contributed by atoms with Crippen LogP contribution in [-0.4, -0.2) is 21.7 Å². The minimum Gasteiger partial charge on any atom is -0.369 e. The van der Waals surface area contributed by atoms with Crippen molar-refractivity contribution in [2.45, 2.75) is 39.0 Å². The van der Waals surface area contributed by atoms with Crippen molar-refractivity contribution in [3.05, 3.63) is 18.0 Å². The highest BCUT2D eigenvalue weighted by atomic mass is 15.1. The molecule has 2 aromatic heterocycles. The lowest BCUT2D eigenvalue weighted by Gasteiger charge is -2.22. The first kappa shape index (κ1) is 11.5. The van der Waals surface area contributed by atoms with Crippen LogP contribution in [0.3, 0.4) is 0 Å². The van der Waals surface area contributed by atoms with Gasteiger partial charge < -0.3 is 5.32 Å². The van der Waals surface area contributed by atoms with E-state index in [9.17, 15) is 0 Å². The maximum Gasteiger partial charge on any atom is 0.137 e. The predicted octanol–water partition coefficient (Wildman–Crippen LogP) is 3.26. The molecular weight excluding hydrogens is 224 g/mol. The first-order valence-electron chi connectivity index (χ1n) is 6.88. The zero-order chi connectivity index (χ0) is 12.4. The Labute approximate surface area is 107 Å². The Morgan fingerprint density at radius 1 is 1.33 bits per heavy atom. The van der Waals surface area contributed by atoms with Crippen LogP contribution in [0.25, 0.3) is 10.9 Å². The summed E-state index contributed by atoms with van der Waals surface area (Å²) in [6.07, 6.45) is 8.72. The number of fused-ring (bicyclic) bond motifs is 1. The summed E-state index contributed by atoms with van der Waals surface area (Å²) < 4.78 is 0. The number of rotatable bonds is 3. The van der Waals surface area contributed by atoms with Gasteiger partial charge in [-0.1, -0.05) is 19.3 Å². The highest BCUT2D eigenvalue weighted by Crippen LogP contribution is 2.26. The third-order valence-corrected chi connectivity index (χ3v) is 3.94. The fourth-order valence-corrected chi connectivity index (χ4v) is 2.89. The first-order chi connectivity index (χ1) is 8.84. The number of aromatic nitrogens is 3. The Balaban J connectivity index is 1.75. The second kappa shape index (κ2) is 4.96. The number of anilines is 1. The summed E-state index contributed by atoms with van der Waals surface area (Å²) in [6.45, 7) is 3.06. The molecule has 1 aliphatic rings. The first-order valence-corrected chi connectivity index (χ1v) is 6.88. The summed E-state index contributed by atoms with van der Waals surface area (Å²) in [7, 11) is 0. The summed E-state index contributed by atoms with van der Waals surface area (Å²) >= 11 is 0. The smallest absolute Gasteiger partial charge is 0.137 e. The molecule has 0 radical (unpaired) electrons. The highest BCUT2D eigenvalue weighted by Gasteiger charge is 2.14. The molecule has 1 saturated carbocycles. The molecule has 4 heteroatoms. The minimum absolute atomic E-state index is 0.808. The average molecular weight is 244 g/mol. The van der Waals surface area contributed by atoms with Gasteiger partial charge in [-0.2, -0.15) is 5.10 Å². The maximum absolute atomic E-state index is 4.45. The van der Waals surface area contributed by atoms with Gasteiger partial charge in [0.2, 0.25) is 0 Å². The summed E-state index contributed by atoms with van der Waals surface area (Å²) in [4.78, 5) is 4.45. The molecule has 0 bridgehead atoms. The normalized spacial score (nSPS) is 17.2. The third kappa shape index (κ3) is 2.19. The van der Waals surface area contributed by atoms with E-state index in [2.05, 4.69) is 20.5 Å². The van der Waals surface area contributed by atoms with E-state index in [4.69, 9.17) is 0 Å².